The standard InChI is InChI=1S/C21H19N3O4S2/c1-2-14-7-9-15(10-8-14)13-18-20(26)23(21(29)30-18)12-11-19(25)22-16-5-3-4-6-17(16)24(27)28/h3-10,13H,2,11-12H2,1H3,(H,22,25). The zero-order valence-electron chi connectivity index (χ0n) is 16.2. The first-order chi connectivity index (χ1) is 14.4. The number of nitrogens with zero attached hydrogens (tertiary/aromatic N) is 2. The largest absolute Gasteiger partial charge is 0.320 e. The Morgan fingerprint density at radius 2 is 1.93 bits per heavy atom. The number of hydrogen-bond donors (Lipinski definition) is 1. The minimum Gasteiger partial charge on any atom is -0.320 e. The van der Waals surface area contributed by atoms with Crippen molar-refractivity contribution in [3.8, 4) is 0 Å². The van der Waals surface area contributed by atoms with Gasteiger partial charge in [0, 0.05) is 19.0 Å². The van der Waals surface area contributed by atoms with Crippen molar-refractivity contribution in [1.29, 1.82) is 0 Å². The Kier molecular flexibility index (Phi) is 6.96. The van der Waals surface area contributed by atoms with Gasteiger partial charge in [0.1, 0.15) is 10.0 Å². The van der Waals surface area contributed by atoms with Gasteiger partial charge in [-0.05, 0) is 29.7 Å². The van der Waals surface area contributed by atoms with Crippen LogP contribution in [0.1, 0.15) is 24.5 Å². The van der Waals surface area contributed by atoms with Crippen molar-refractivity contribution >= 4 is 57.6 Å². The molecule has 9 heteroatoms. The van der Waals surface area contributed by atoms with Crippen molar-refractivity contribution in [2.75, 3.05) is 11.9 Å². The molecule has 1 aliphatic rings. The van der Waals surface area contributed by atoms with Gasteiger partial charge in [0.2, 0.25) is 5.91 Å². The number of nitro groups is 1. The summed E-state index contributed by atoms with van der Waals surface area (Å²) < 4.78 is 0.384. The smallest absolute Gasteiger partial charge is 0.292 e. The number of benzene rings is 2. The summed E-state index contributed by atoms with van der Waals surface area (Å²) in [6, 6.07) is 13.8. The molecule has 0 unspecified atom stereocenters. The second kappa shape index (κ2) is 9.64. The number of nitro benzene ring substituents is 1. The Bertz CT molecular complexity index is 1030. The fraction of sp³-hybridized carbons (Fsp3) is 0.190. The Hall–Kier alpha value is -3.04. The molecule has 0 bridgehead atoms. The minimum absolute atomic E-state index is 0.0308. The Morgan fingerprint density at radius 1 is 1.23 bits per heavy atom. The summed E-state index contributed by atoms with van der Waals surface area (Å²) >= 11 is 6.49. The minimum atomic E-state index is -0.560. The monoisotopic (exact) mass is 441 g/mol. The van der Waals surface area contributed by atoms with E-state index in [4.69, 9.17) is 12.2 Å². The van der Waals surface area contributed by atoms with Crippen molar-refractivity contribution in [2.45, 2.75) is 19.8 Å². The van der Waals surface area contributed by atoms with Crippen molar-refractivity contribution in [2.24, 2.45) is 0 Å². The van der Waals surface area contributed by atoms with Crippen LogP contribution < -0.4 is 5.32 Å². The Morgan fingerprint density at radius 3 is 2.60 bits per heavy atom. The van der Waals surface area contributed by atoms with E-state index in [2.05, 4.69) is 12.2 Å². The van der Waals surface area contributed by atoms with Crippen LogP contribution in [0.5, 0.6) is 0 Å². The SMILES string of the molecule is CCc1ccc(C=C2SC(=S)N(CCC(=O)Nc3ccccc3[N+](=O)[O-])C2=O)cc1. The molecule has 154 valence electrons. The number of hydrogen-bond acceptors (Lipinski definition) is 6. The molecule has 1 aliphatic heterocycles. The van der Waals surface area contributed by atoms with Crippen LogP contribution in [0.3, 0.4) is 0 Å². The number of carbonyl (C=O) groups excluding carboxylic acids is 2. The molecule has 2 aromatic rings. The van der Waals surface area contributed by atoms with E-state index in [1.54, 1.807) is 12.1 Å². The predicted molar refractivity (Wildman–Crippen MR) is 122 cm³/mol. The molecule has 0 atom stereocenters. The van der Waals surface area contributed by atoms with Crippen LogP contribution in [0, 0.1) is 10.1 Å². The van der Waals surface area contributed by atoms with Gasteiger partial charge in [-0.1, -0.05) is 67.3 Å². The number of thiocarbonyl (C=S) groups is 1. The Labute approximate surface area is 183 Å². The van der Waals surface area contributed by atoms with Crippen LogP contribution in [-0.4, -0.2) is 32.5 Å². The molecule has 7 nitrogen and oxygen atoms in total. The van der Waals surface area contributed by atoms with E-state index >= 15 is 0 Å². The van der Waals surface area contributed by atoms with Gasteiger partial charge in [-0.15, -0.1) is 0 Å². The van der Waals surface area contributed by atoms with Crippen LogP contribution in [0.4, 0.5) is 11.4 Å². The number of aryl methyl sites for hydroxylation is 1. The lowest BCUT2D eigenvalue weighted by molar-refractivity contribution is -0.383. The summed E-state index contributed by atoms with van der Waals surface area (Å²) in [5, 5.41) is 13.6. The fourth-order valence-electron chi connectivity index (χ4n) is 2.86. The molecule has 0 saturated carbocycles. The van der Waals surface area contributed by atoms with Crippen molar-refractivity contribution in [3.05, 3.63) is 74.7 Å². The average molecular weight is 442 g/mol. The first kappa shape index (κ1) is 21.7. The molecule has 2 amide bonds. The van der Waals surface area contributed by atoms with E-state index in [9.17, 15) is 19.7 Å². The molecule has 0 radical (unpaired) electrons. The molecular formula is C21H19N3O4S2. The first-order valence-corrected chi connectivity index (χ1v) is 10.5. The second-order valence-corrected chi connectivity index (χ2v) is 8.18. The fourth-order valence-corrected chi connectivity index (χ4v) is 4.17. The maximum atomic E-state index is 12.7. The first-order valence-electron chi connectivity index (χ1n) is 9.26. The normalized spacial score (nSPS) is 15.0. The van der Waals surface area contributed by atoms with Crippen molar-refractivity contribution in [3.63, 3.8) is 0 Å². The summed E-state index contributed by atoms with van der Waals surface area (Å²) in [6.45, 7) is 2.18. The average Bonchev–Trinajstić information content (AvgIpc) is 2.99. The van der Waals surface area contributed by atoms with Gasteiger partial charge in [-0.3, -0.25) is 24.6 Å². The van der Waals surface area contributed by atoms with Crippen LogP contribution in [0.2, 0.25) is 0 Å². The highest BCUT2D eigenvalue weighted by Gasteiger charge is 2.32. The lowest BCUT2D eigenvalue weighted by Crippen LogP contribution is -2.31. The van der Waals surface area contributed by atoms with Crippen LogP contribution >= 0.6 is 24.0 Å². The van der Waals surface area contributed by atoms with Gasteiger partial charge in [0.25, 0.3) is 11.6 Å². The number of amides is 2. The van der Waals surface area contributed by atoms with Crippen molar-refractivity contribution < 1.29 is 14.5 Å². The molecular weight excluding hydrogens is 422 g/mol. The molecule has 0 aromatic heterocycles. The molecule has 3 rings (SSSR count). The number of nitrogens with one attached hydrogen (secondary N) is 1. The molecule has 2 aromatic carbocycles. The summed E-state index contributed by atoms with van der Waals surface area (Å²) in [5.74, 6) is -0.680. The lowest BCUT2D eigenvalue weighted by Gasteiger charge is -2.14. The summed E-state index contributed by atoms with van der Waals surface area (Å²) in [5.41, 5.74) is 2.05. The van der Waals surface area contributed by atoms with E-state index in [1.807, 2.05) is 24.3 Å². The number of para-hydroxylation sites is 2. The van der Waals surface area contributed by atoms with Gasteiger partial charge in [-0.2, -0.15) is 0 Å². The molecule has 1 fully saturated rings. The third-order valence-corrected chi connectivity index (χ3v) is 5.87. The molecule has 0 spiro atoms. The van der Waals surface area contributed by atoms with Gasteiger partial charge in [0.15, 0.2) is 0 Å². The lowest BCUT2D eigenvalue weighted by atomic mass is 10.1. The molecule has 1 N–H and O–H groups in total. The van der Waals surface area contributed by atoms with Crippen LogP contribution in [0.25, 0.3) is 6.08 Å². The van der Waals surface area contributed by atoms with E-state index in [0.717, 1.165) is 12.0 Å². The second-order valence-electron chi connectivity index (χ2n) is 6.50. The van der Waals surface area contributed by atoms with Gasteiger partial charge in [-0.25, -0.2) is 0 Å². The van der Waals surface area contributed by atoms with E-state index in [1.165, 1.54) is 40.4 Å². The highest BCUT2D eigenvalue weighted by Crippen LogP contribution is 2.32. The predicted octanol–water partition coefficient (Wildman–Crippen LogP) is 4.39. The molecule has 1 heterocycles. The zero-order chi connectivity index (χ0) is 21.7. The van der Waals surface area contributed by atoms with Gasteiger partial charge >= 0.3 is 0 Å². The molecule has 1 saturated heterocycles. The maximum absolute atomic E-state index is 12.7. The van der Waals surface area contributed by atoms with Crippen LogP contribution in [-0.2, 0) is 16.0 Å². The molecule has 0 aliphatic carbocycles. The number of anilines is 1. The van der Waals surface area contributed by atoms with Gasteiger partial charge < -0.3 is 5.32 Å². The third-order valence-electron chi connectivity index (χ3n) is 4.50. The molecule has 30 heavy (non-hydrogen) atoms. The zero-order valence-corrected chi connectivity index (χ0v) is 17.8. The number of carbonyl (C=O) groups is 2. The highest BCUT2D eigenvalue weighted by atomic mass is 32.2. The quantitative estimate of drug-likeness (QED) is 0.297. The number of thioether (sulfide) groups is 1. The third kappa shape index (κ3) is 5.11. The Balaban J connectivity index is 1.62. The van der Waals surface area contributed by atoms with E-state index in [-0.39, 0.29) is 30.2 Å². The summed E-state index contributed by atoms with van der Waals surface area (Å²) in [7, 11) is 0. The van der Waals surface area contributed by atoms with Gasteiger partial charge in [0.05, 0.1) is 9.83 Å². The van der Waals surface area contributed by atoms with Crippen molar-refractivity contribution in [1.82, 2.24) is 4.90 Å². The topological polar surface area (TPSA) is 92.6 Å². The highest BCUT2D eigenvalue weighted by molar-refractivity contribution is 8.26. The van der Waals surface area contributed by atoms with E-state index < -0.39 is 10.8 Å². The number of rotatable bonds is 7. The summed E-state index contributed by atoms with van der Waals surface area (Å²) in [4.78, 5) is 37.3. The van der Waals surface area contributed by atoms with E-state index in [0.29, 0.717) is 9.23 Å². The van der Waals surface area contributed by atoms with Crippen LogP contribution in [0.15, 0.2) is 53.4 Å². The maximum Gasteiger partial charge on any atom is 0.292 e. The summed E-state index contributed by atoms with van der Waals surface area (Å²) in [6.07, 6.45) is 2.69.